The van der Waals surface area contributed by atoms with E-state index in [0.717, 1.165) is 12.8 Å². The fourth-order valence-corrected chi connectivity index (χ4v) is 2.01. The van der Waals surface area contributed by atoms with Gasteiger partial charge < -0.3 is 19.7 Å². The number of aliphatic hydroxyl groups excluding tert-OH is 1. The van der Waals surface area contributed by atoms with Crippen molar-refractivity contribution in [1.29, 1.82) is 0 Å². The Labute approximate surface area is 115 Å². The van der Waals surface area contributed by atoms with Gasteiger partial charge in [0.15, 0.2) is 0 Å². The first kappa shape index (κ1) is 18.4. The van der Waals surface area contributed by atoms with Crippen LogP contribution in [0, 0.1) is 5.41 Å². The Bertz CT molecular complexity index is 232. The average Bonchev–Trinajstić information content (AvgIpc) is 2.41. The van der Waals surface area contributed by atoms with E-state index in [-0.39, 0.29) is 6.61 Å². The van der Waals surface area contributed by atoms with Crippen LogP contribution in [0.4, 0.5) is 0 Å². The molecule has 0 heterocycles. The lowest BCUT2D eigenvalue weighted by Gasteiger charge is -2.28. The quantitative estimate of drug-likeness (QED) is 0.504. The van der Waals surface area contributed by atoms with Crippen molar-refractivity contribution in [2.24, 2.45) is 5.41 Å². The lowest BCUT2D eigenvalue weighted by molar-refractivity contribution is -0.151. The van der Waals surface area contributed by atoms with Crippen molar-refractivity contribution in [2.75, 3.05) is 33.0 Å². The Morgan fingerprint density at radius 3 is 2.16 bits per heavy atom. The van der Waals surface area contributed by atoms with Gasteiger partial charge in [-0.2, -0.15) is 0 Å². The van der Waals surface area contributed by atoms with Crippen molar-refractivity contribution in [3.8, 4) is 0 Å². The molecule has 0 aromatic rings. The number of hydrogen-bond acceptors (Lipinski definition) is 4. The highest BCUT2D eigenvalue weighted by Crippen LogP contribution is 2.33. The summed E-state index contributed by atoms with van der Waals surface area (Å²) in [7, 11) is 0. The Balaban J connectivity index is 3.95. The lowest BCUT2D eigenvalue weighted by Crippen LogP contribution is -2.32. The molecule has 1 unspecified atom stereocenters. The lowest BCUT2D eigenvalue weighted by atomic mass is 9.77. The molecule has 0 aliphatic heterocycles. The highest BCUT2D eigenvalue weighted by Gasteiger charge is 2.35. The van der Waals surface area contributed by atoms with Crippen LogP contribution in [0.3, 0.4) is 0 Å². The molecular formula is C14H28O5. The van der Waals surface area contributed by atoms with E-state index in [1.165, 1.54) is 0 Å². The standard InChI is InChI=1S/C14H28O5/c1-3-5-6-14(4-2,13(16)17)7-9-18-11-12-19-10-8-15/h15H,3-12H2,1-2H3,(H,16,17). The van der Waals surface area contributed by atoms with Crippen molar-refractivity contribution in [3.63, 3.8) is 0 Å². The Morgan fingerprint density at radius 1 is 1.05 bits per heavy atom. The third-order valence-electron chi connectivity index (χ3n) is 3.47. The largest absolute Gasteiger partial charge is 0.481 e. The van der Waals surface area contributed by atoms with Gasteiger partial charge in [-0.25, -0.2) is 0 Å². The second kappa shape index (κ2) is 11.2. The molecule has 0 aliphatic carbocycles. The summed E-state index contributed by atoms with van der Waals surface area (Å²) in [4.78, 5) is 11.5. The fraction of sp³-hybridized carbons (Fsp3) is 0.929. The van der Waals surface area contributed by atoms with Crippen molar-refractivity contribution >= 4 is 5.97 Å². The minimum Gasteiger partial charge on any atom is -0.481 e. The smallest absolute Gasteiger partial charge is 0.309 e. The highest BCUT2D eigenvalue weighted by atomic mass is 16.5. The summed E-state index contributed by atoms with van der Waals surface area (Å²) in [5, 5.41) is 17.9. The Kier molecular flexibility index (Phi) is 10.8. The summed E-state index contributed by atoms with van der Waals surface area (Å²) in [6, 6.07) is 0. The molecule has 0 rings (SSSR count). The van der Waals surface area contributed by atoms with Crippen LogP contribution in [0.5, 0.6) is 0 Å². The number of carboxylic acid groups (broad SMARTS) is 1. The second-order valence-corrected chi connectivity index (χ2v) is 4.74. The Morgan fingerprint density at radius 2 is 1.68 bits per heavy atom. The van der Waals surface area contributed by atoms with Gasteiger partial charge in [0.1, 0.15) is 0 Å². The summed E-state index contributed by atoms with van der Waals surface area (Å²) < 4.78 is 10.5. The number of aliphatic hydroxyl groups is 1. The number of ether oxygens (including phenoxy) is 2. The normalized spacial score (nSPS) is 14.3. The predicted octanol–water partition coefficient (Wildman–Crippen LogP) is 2.07. The van der Waals surface area contributed by atoms with E-state index < -0.39 is 11.4 Å². The zero-order valence-corrected chi connectivity index (χ0v) is 12.2. The van der Waals surface area contributed by atoms with Crippen molar-refractivity contribution < 1.29 is 24.5 Å². The third kappa shape index (κ3) is 7.50. The number of rotatable bonds is 13. The van der Waals surface area contributed by atoms with Gasteiger partial charge in [-0.3, -0.25) is 4.79 Å². The van der Waals surface area contributed by atoms with Crippen molar-refractivity contribution in [2.45, 2.75) is 46.0 Å². The molecular weight excluding hydrogens is 248 g/mol. The maximum Gasteiger partial charge on any atom is 0.309 e. The summed E-state index contributed by atoms with van der Waals surface area (Å²) in [5.41, 5.74) is -0.651. The van der Waals surface area contributed by atoms with Gasteiger partial charge >= 0.3 is 5.97 Å². The van der Waals surface area contributed by atoms with Gasteiger partial charge in [-0.1, -0.05) is 26.7 Å². The Hall–Kier alpha value is -0.650. The fourth-order valence-electron chi connectivity index (χ4n) is 2.01. The third-order valence-corrected chi connectivity index (χ3v) is 3.47. The van der Waals surface area contributed by atoms with Crippen LogP contribution >= 0.6 is 0 Å². The molecule has 0 aliphatic rings. The van der Waals surface area contributed by atoms with Crippen LogP contribution < -0.4 is 0 Å². The van der Waals surface area contributed by atoms with Crippen molar-refractivity contribution in [3.05, 3.63) is 0 Å². The van der Waals surface area contributed by atoms with E-state index in [0.29, 0.717) is 45.7 Å². The maximum atomic E-state index is 11.5. The first-order valence-corrected chi connectivity index (χ1v) is 7.12. The molecule has 19 heavy (non-hydrogen) atoms. The van der Waals surface area contributed by atoms with Crippen LogP contribution in [-0.4, -0.2) is 49.2 Å². The molecule has 0 aromatic carbocycles. The zero-order valence-electron chi connectivity index (χ0n) is 12.2. The SMILES string of the molecule is CCCCC(CC)(CCOCCOCCO)C(=O)O. The van der Waals surface area contributed by atoms with Gasteiger partial charge in [0, 0.05) is 6.61 Å². The first-order valence-electron chi connectivity index (χ1n) is 7.12. The van der Waals surface area contributed by atoms with Gasteiger partial charge in [-0.05, 0) is 19.3 Å². The average molecular weight is 276 g/mol. The molecule has 1 atom stereocenters. The monoisotopic (exact) mass is 276 g/mol. The molecule has 2 N–H and O–H groups in total. The number of aliphatic carboxylic acids is 1. The number of unbranched alkanes of at least 4 members (excludes halogenated alkanes) is 1. The minimum atomic E-state index is -0.719. The molecule has 0 radical (unpaired) electrons. The molecule has 114 valence electrons. The minimum absolute atomic E-state index is 0.00891. The highest BCUT2D eigenvalue weighted by molar-refractivity contribution is 5.74. The van der Waals surface area contributed by atoms with Crippen LogP contribution in [0.15, 0.2) is 0 Å². The van der Waals surface area contributed by atoms with E-state index in [2.05, 4.69) is 6.92 Å². The van der Waals surface area contributed by atoms with Crippen LogP contribution in [-0.2, 0) is 14.3 Å². The molecule has 0 saturated carbocycles. The molecule has 5 nitrogen and oxygen atoms in total. The first-order chi connectivity index (χ1) is 9.13. The van der Waals surface area contributed by atoms with E-state index in [1.54, 1.807) is 0 Å². The van der Waals surface area contributed by atoms with E-state index in [9.17, 15) is 9.90 Å². The van der Waals surface area contributed by atoms with E-state index in [1.807, 2.05) is 6.92 Å². The molecule has 0 aromatic heterocycles. The molecule has 5 heteroatoms. The number of carbonyl (C=O) groups is 1. The summed E-state index contributed by atoms with van der Waals surface area (Å²) in [6.45, 7) is 5.62. The maximum absolute atomic E-state index is 11.5. The van der Waals surface area contributed by atoms with Crippen molar-refractivity contribution in [1.82, 2.24) is 0 Å². The van der Waals surface area contributed by atoms with Crippen LogP contribution in [0.1, 0.15) is 46.0 Å². The summed E-state index contributed by atoms with van der Waals surface area (Å²) in [5.74, 6) is -0.719. The summed E-state index contributed by atoms with van der Waals surface area (Å²) in [6.07, 6.45) is 3.82. The zero-order chi connectivity index (χ0) is 14.6. The molecule has 0 amide bonds. The topological polar surface area (TPSA) is 76.0 Å². The molecule has 0 saturated heterocycles. The van der Waals surface area contributed by atoms with Gasteiger partial charge in [-0.15, -0.1) is 0 Å². The second-order valence-electron chi connectivity index (χ2n) is 4.74. The summed E-state index contributed by atoms with van der Waals surface area (Å²) >= 11 is 0. The number of hydrogen-bond donors (Lipinski definition) is 2. The van der Waals surface area contributed by atoms with Crippen LogP contribution in [0.25, 0.3) is 0 Å². The van der Waals surface area contributed by atoms with Gasteiger partial charge in [0.25, 0.3) is 0 Å². The molecule has 0 spiro atoms. The van der Waals surface area contributed by atoms with Crippen LogP contribution in [0.2, 0.25) is 0 Å². The molecule has 0 fully saturated rings. The van der Waals surface area contributed by atoms with Gasteiger partial charge in [0.2, 0.25) is 0 Å². The van der Waals surface area contributed by atoms with E-state index in [4.69, 9.17) is 14.6 Å². The number of carboxylic acids is 1. The molecule has 0 bridgehead atoms. The van der Waals surface area contributed by atoms with E-state index >= 15 is 0 Å². The predicted molar refractivity (Wildman–Crippen MR) is 73.2 cm³/mol. The van der Waals surface area contributed by atoms with Gasteiger partial charge in [0.05, 0.1) is 31.8 Å².